The molecule has 2 aromatic rings. The van der Waals surface area contributed by atoms with Crippen LogP contribution in [0.15, 0.2) is 36.4 Å². The van der Waals surface area contributed by atoms with Crippen molar-refractivity contribution in [2.45, 2.75) is 26.0 Å². The van der Waals surface area contributed by atoms with Crippen LogP contribution in [0, 0.1) is 10.5 Å². The molecule has 1 aromatic carbocycles. The second-order valence-corrected chi connectivity index (χ2v) is 6.76. The highest BCUT2D eigenvalue weighted by Gasteiger charge is 2.20. The molecule has 1 aromatic heterocycles. The van der Waals surface area contributed by atoms with E-state index in [-0.39, 0.29) is 12.1 Å². The molecule has 1 heterocycles. The minimum absolute atomic E-state index is 0.0425. The van der Waals surface area contributed by atoms with Gasteiger partial charge in [0.1, 0.15) is 11.9 Å². The van der Waals surface area contributed by atoms with Gasteiger partial charge < -0.3 is 10.5 Å². The third-order valence-electron chi connectivity index (χ3n) is 2.61. The first-order valence-corrected chi connectivity index (χ1v) is 7.70. The highest BCUT2D eigenvalue weighted by molar-refractivity contribution is 14.1. The first-order valence-electron chi connectivity index (χ1n) is 5.81. The lowest BCUT2D eigenvalue weighted by atomic mass is 10.1. The molecule has 0 fully saturated rings. The summed E-state index contributed by atoms with van der Waals surface area (Å²) in [4.78, 5) is 2.46. The van der Waals surface area contributed by atoms with Crippen molar-refractivity contribution >= 4 is 33.9 Å². The van der Waals surface area contributed by atoms with Gasteiger partial charge in [-0.3, -0.25) is 0 Å². The zero-order valence-corrected chi connectivity index (χ0v) is 13.4. The molecular weight excluding hydrogens is 357 g/mol. The molecule has 2 rings (SSSR count). The average molecular weight is 373 g/mol. The van der Waals surface area contributed by atoms with E-state index in [1.54, 1.807) is 11.3 Å². The van der Waals surface area contributed by atoms with Gasteiger partial charge in [-0.1, -0.05) is 12.1 Å². The Kier molecular flexibility index (Phi) is 4.64. The standard InChI is InChI=1S/C14H16INOS/c1-9-7-8-13(18-9)14(10(2)16)17-12-6-4-3-5-11(12)15/h3-8,10,14H,16H2,1-2H3. The highest BCUT2D eigenvalue weighted by Crippen LogP contribution is 2.31. The van der Waals surface area contributed by atoms with Gasteiger partial charge in [-0.15, -0.1) is 11.3 Å². The number of thiophene rings is 1. The van der Waals surface area contributed by atoms with Gasteiger partial charge in [0.2, 0.25) is 0 Å². The van der Waals surface area contributed by atoms with Crippen LogP contribution in [0.5, 0.6) is 5.75 Å². The van der Waals surface area contributed by atoms with Crippen molar-refractivity contribution in [2.24, 2.45) is 5.73 Å². The second kappa shape index (κ2) is 6.04. The maximum Gasteiger partial charge on any atom is 0.148 e. The lowest BCUT2D eigenvalue weighted by Gasteiger charge is -2.22. The van der Waals surface area contributed by atoms with Gasteiger partial charge in [0.05, 0.1) is 3.57 Å². The molecule has 2 unspecified atom stereocenters. The largest absolute Gasteiger partial charge is 0.482 e. The topological polar surface area (TPSA) is 35.2 Å². The Hall–Kier alpha value is -0.590. The molecule has 96 valence electrons. The van der Waals surface area contributed by atoms with Crippen molar-refractivity contribution in [1.82, 2.24) is 0 Å². The predicted molar refractivity (Wildman–Crippen MR) is 85.2 cm³/mol. The summed E-state index contributed by atoms with van der Waals surface area (Å²) >= 11 is 4.02. The summed E-state index contributed by atoms with van der Waals surface area (Å²) < 4.78 is 7.19. The number of rotatable bonds is 4. The second-order valence-electron chi connectivity index (χ2n) is 4.28. The average Bonchev–Trinajstić information content (AvgIpc) is 2.74. The first-order chi connectivity index (χ1) is 8.58. The number of nitrogens with two attached hydrogens (primary N) is 1. The predicted octanol–water partition coefficient (Wildman–Crippen LogP) is 4.13. The Morgan fingerprint density at radius 1 is 1.22 bits per heavy atom. The SMILES string of the molecule is Cc1ccc(C(Oc2ccccc2I)C(C)N)s1. The lowest BCUT2D eigenvalue weighted by Crippen LogP contribution is -2.28. The lowest BCUT2D eigenvalue weighted by molar-refractivity contribution is 0.182. The molecule has 2 atom stereocenters. The Morgan fingerprint density at radius 3 is 2.50 bits per heavy atom. The van der Waals surface area contributed by atoms with E-state index in [0.29, 0.717) is 0 Å². The van der Waals surface area contributed by atoms with Crippen molar-refractivity contribution < 1.29 is 4.74 Å². The van der Waals surface area contributed by atoms with Gasteiger partial charge >= 0.3 is 0 Å². The normalized spacial score (nSPS) is 14.2. The molecule has 0 aliphatic heterocycles. The maximum absolute atomic E-state index is 6.08. The smallest absolute Gasteiger partial charge is 0.148 e. The minimum Gasteiger partial charge on any atom is -0.482 e. The summed E-state index contributed by atoms with van der Waals surface area (Å²) in [6.45, 7) is 4.08. The van der Waals surface area contributed by atoms with E-state index in [1.165, 1.54) is 9.75 Å². The first kappa shape index (κ1) is 13.8. The molecule has 2 nitrogen and oxygen atoms in total. The zero-order valence-electron chi connectivity index (χ0n) is 10.4. The van der Waals surface area contributed by atoms with Gasteiger partial charge in [0, 0.05) is 15.8 Å². The van der Waals surface area contributed by atoms with Crippen molar-refractivity contribution in [2.75, 3.05) is 0 Å². The molecule has 4 heteroatoms. The van der Waals surface area contributed by atoms with Gasteiger partial charge in [-0.25, -0.2) is 0 Å². The summed E-state index contributed by atoms with van der Waals surface area (Å²) in [7, 11) is 0. The summed E-state index contributed by atoms with van der Waals surface area (Å²) in [5.41, 5.74) is 6.06. The van der Waals surface area contributed by atoms with Gasteiger partial charge in [-0.05, 0) is 60.7 Å². The van der Waals surface area contributed by atoms with Crippen LogP contribution in [0.3, 0.4) is 0 Å². The molecule has 0 radical (unpaired) electrons. The summed E-state index contributed by atoms with van der Waals surface area (Å²) in [6, 6.07) is 12.2. The van der Waals surface area contributed by atoms with Gasteiger partial charge in [0.15, 0.2) is 0 Å². The summed E-state index contributed by atoms with van der Waals surface area (Å²) in [6.07, 6.45) is -0.0837. The molecular formula is C14H16INOS. The third kappa shape index (κ3) is 3.24. The maximum atomic E-state index is 6.08. The van der Waals surface area contributed by atoms with E-state index in [4.69, 9.17) is 10.5 Å². The van der Waals surface area contributed by atoms with Crippen LogP contribution in [0.2, 0.25) is 0 Å². The highest BCUT2D eigenvalue weighted by atomic mass is 127. The van der Waals surface area contributed by atoms with Crippen LogP contribution >= 0.6 is 33.9 Å². The van der Waals surface area contributed by atoms with Crippen molar-refractivity contribution in [3.05, 3.63) is 49.7 Å². The van der Waals surface area contributed by atoms with Gasteiger partial charge in [0.25, 0.3) is 0 Å². The summed E-state index contributed by atoms with van der Waals surface area (Å²) in [5, 5.41) is 0. The van der Waals surface area contributed by atoms with Crippen molar-refractivity contribution in [3.63, 3.8) is 0 Å². The fourth-order valence-corrected chi connectivity index (χ4v) is 3.25. The fourth-order valence-electron chi connectivity index (χ4n) is 1.71. The molecule has 18 heavy (non-hydrogen) atoms. The molecule has 0 spiro atoms. The van der Waals surface area contributed by atoms with Crippen LogP contribution in [0.4, 0.5) is 0 Å². The number of halogens is 1. The fraction of sp³-hybridized carbons (Fsp3) is 0.286. The Morgan fingerprint density at radius 2 is 1.94 bits per heavy atom. The van der Waals surface area contributed by atoms with Crippen LogP contribution < -0.4 is 10.5 Å². The number of para-hydroxylation sites is 1. The summed E-state index contributed by atoms with van der Waals surface area (Å²) in [5.74, 6) is 0.895. The Bertz CT molecular complexity index is 524. The molecule has 0 saturated carbocycles. The quantitative estimate of drug-likeness (QED) is 0.818. The van der Waals surface area contributed by atoms with E-state index in [2.05, 4.69) is 41.6 Å². The molecule has 2 N–H and O–H groups in total. The van der Waals surface area contributed by atoms with E-state index < -0.39 is 0 Å². The molecule has 0 saturated heterocycles. The van der Waals surface area contributed by atoms with E-state index >= 15 is 0 Å². The van der Waals surface area contributed by atoms with E-state index in [1.807, 2.05) is 31.2 Å². The molecule has 0 amide bonds. The number of aryl methyl sites for hydroxylation is 1. The minimum atomic E-state index is -0.0837. The number of hydrogen-bond acceptors (Lipinski definition) is 3. The number of benzene rings is 1. The Labute approximate surface area is 125 Å². The molecule has 0 bridgehead atoms. The van der Waals surface area contributed by atoms with Crippen molar-refractivity contribution in [3.8, 4) is 5.75 Å². The van der Waals surface area contributed by atoms with Crippen molar-refractivity contribution in [1.29, 1.82) is 0 Å². The van der Waals surface area contributed by atoms with Gasteiger partial charge in [-0.2, -0.15) is 0 Å². The number of hydrogen-bond donors (Lipinski definition) is 1. The van der Waals surface area contributed by atoms with E-state index in [9.17, 15) is 0 Å². The monoisotopic (exact) mass is 373 g/mol. The van der Waals surface area contributed by atoms with E-state index in [0.717, 1.165) is 9.32 Å². The molecule has 0 aliphatic carbocycles. The third-order valence-corrected chi connectivity index (χ3v) is 4.56. The number of ether oxygens (including phenoxy) is 1. The Balaban J connectivity index is 2.25. The zero-order chi connectivity index (χ0) is 13.1. The van der Waals surface area contributed by atoms with Crippen LogP contribution in [0.25, 0.3) is 0 Å². The molecule has 0 aliphatic rings. The van der Waals surface area contributed by atoms with Crippen LogP contribution in [-0.2, 0) is 0 Å². The van der Waals surface area contributed by atoms with Crippen LogP contribution in [0.1, 0.15) is 22.8 Å². The van der Waals surface area contributed by atoms with Crippen LogP contribution in [-0.4, -0.2) is 6.04 Å².